The lowest BCUT2D eigenvalue weighted by Crippen LogP contribution is -2.13. The number of hydrogen-bond acceptors (Lipinski definition) is 5. The van der Waals surface area contributed by atoms with E-state index < -0.39 is 4.92 Å². The molecule has 0 bridgehead atoms. The number of carbonyl (C=O) groups is 1. The van der Waals surface area contributed by atoms with Gasteiger partial charge in [-0.2, -0.15) is 0 Å². The van der Waals surface area contributed by atoms with E-state index in [0.717, 1.165) is 11.1 Å². The zero-order valence-corrected chi connectivity index (χ0v) is 14.4. The van der Waals surface area contributed by atoms with E-state index in [-0.39, 0.29) is 25.0 Å². The molecule has 0 saturated carbocycles. The van der Waals surface area contributed by atoms with Crippen LogP contribution in [0, 0.1) is 24.0 Å². The molecule has 7 nitrogen and oxygen atoms in total. The number of hydrogen-bond donors (Lipinski definition) is 1. The first-order valence-corrected chi connectivity index (χ1v) is 8.01. The fraction of sp³-hybridized carbons (Fsp3) is 0.211. The number of fused-ring (bicyclic) bond motifs is 1. The number of nitro groups is 1. The first-order valence-electron chi connectivity index (χ1n) is 8.01. The van der Waals surface area contributed by atoms with Gasteiger partial charge in [0, 0.05) is 35.0 Å². The summed E-state index contributed by atoms with van der Waals surface area (Å²) in [5.74, 6) is 0.166. The number of nitrogens with zero attached hydrogens (tertiary/aromatic N) is 1. The second-order valence-electron chi connectivity index (χ2n) is 6.09. The normalized spacial score (nSPS) is 13.2. The second kappa shape index (κ2) is 7.37. The van der Waals surface area contributed by atoms with Gasteiger partial charge in [0.1, 0.15) is 5.75 Å². The summed E-state index contributed by atoms with van der Waals surface area (Å²) in [6.45, 7) is 4.20. The van der Waals surface area contributed by atoms with Gasteiger partial charge < -0.3 is 14.8 Å². The van der Waals surface area contributed by atoms with Crippen molar-refractivity contribution in [3.8, 4) is 5.75 Å². The van der Waals surface area contributed by atoms with E-state index in [9.17, 15) is 14.9 Å². The number of amides is 1. The van der Waals surface area contributed by atoms with Crippen LogP contribution < -0.4 is 10.1 Å². The number of aryl methyl sites for hydroxylation is 2. The number of rotatable bonds is 4. The molecular weight excluding hydrogens is 336 g/mol. The summed E-state index contributed by atoms with van der Waals surface area (Å²) in [6.07, 6.45) is 2.84. The smallest absolute Gasteiger partial charge is 0.270 e. The lowest BCUT2D eigenvalue weighted by molar-refractivity contribution is -0.385. The molecule has 134 valence electrons. The van der Waals surface area contributed by atoms with Crippen molar-refractivity contribution in [2.75, 3.05) is 12.1 Å². The van der Waals surface area contributed by atoms with E-state index in [1.54, 1.807) is 0 Å². The first kappa shape index (κ1) is 17.6. The monoisotopic (exact) mass is 354 g/mol. The predicted octanol–water partition coefficient (Wildman–Crippen LogP) is 3.73. The lowest BCUT2D eigenvalue weighted by Gasteiger charge is -2.19. The third-order valence-electron chi connectivity index (χ3n) is 3.84. The Morgan fingerprint density at radius 1 is 1.19 bits per heavy atom. The van der Waals surface area contributed by atoms with Crippen LogP contribution in [0.5, 0.6) is 5.75 Å². The highest BCUT2D eigenvalue weighted by Crippen LogP contribution is 2.33. The van der Waals surface area contributed by atoms with Crippen LogP contribution >= 0.6 is 0 Å². The Kier molecular flexibility index (Phi) is 4.99. The summed E-state index contributed by atoms with van der Waals surface area (Å²) in [4.78, 5) is 22.8. The average molecular weight is 354 g/mol. The number of nitrogens with one attached hydrogen (secondary N) is 1. The van der Waals surface area contributed by atoms with Crippen LogP contribution in [-0.4, -0.2) is 17.6 Å². The molecule has 1 N–H and O–H groups in total. The maximum Gasteiger partial charge on any atom is 0.270 e. The number of non-ortho nitro benzene ring substituents is 1. The Morgan fingerprint density at radius 3 is 2.62 bits per heavy atom. The van der Waals surface area contributed by atoms with Crippen molar-refractivity contribution >= 4 is 23.4 Å². The van der Waals surface area contributed by atoms with Gasteiger partial charge >= 0.3 is 0 Å². The lowest BCUT2D eigenvalue weighted by atomic mass is 10.1. The Balaban J connectivity index is 1.84. The predicted molar refractivity (Wildman–Crippen MR) is 97.0 cm³/mol. The van der Waals surface area contributed by atoms with Gasteiger partial charge in [-0.25, -0.2) is 0 Å². The van der Waals surface area contributed by atoms with Gasteiger partial charge in [0.15, 0.2) is 6.79 Å². The van der Waals surface area contributed by atoms with Crippen molar-refractivity contribution in [3.05, 3.63) is 68.8 Å². The van der Waals surface area contributed by atoms with Gasteiger partial charge in [0.05, 0.1) is 11.5 Å². The molecule has 1 aliphatic rings. The van der Waals surface area contributed by atoms with E-state index in [2.05, 4.69) is 5.32 Å². The standard InChI is InChI=1S/C19H18N2O5/c1-12-5-13(2)7-16(6-12)20-18(22)4-3-14-8-17(21(23)24)9-15-10-25-11-26-19(14)15/h3-9H,10-11H2,1-2H3,(H,20,22)/b4-3+. The Bertz CT molecular complexity index is 885. The summed E-state index contributed by atoms with van der Waals surface area (Å²) in [5, 5.41) is 13.9. The minimum Gasteiger partial charge on any atom is -0.467 e. The van der Waals surface area contributed by atoms with Crippen molar-refractivity contribution in [3.63, 3.8) is 0 Å². The SMILES string of the molecule is Cc1cc(C)cc(NC(=O)/C=C/c2cc([N+](=O)[O-])cc3c2OCOC3)c1. The van der Waals surface area contributed by atoms with Gasteiger partial charge in [-0.1, -0.05) is 6.07 Å². The minimum atomic E-state index is -0.484. The van der Waals surface area contributed by atoms with Crippen LogP contribution in [0.4, 0.5) is 11.4 Å². The van der Waals surface area contributed by atoms with Gasteiger partial charge in [0.25, 0.3) is 5.69 Å². The quantitative estimate of drug-likeness (QED) is 0.513. The molecule has 0 aliphatic carbocycles. The Hall–Kier alpha value is -3.19. The second-order valence-corrected chi connectivity index (χ2v) is 6.09. The molecule has 2 aromatic carbocycles. The van der Waals surface area contributed by atoms with Gasteiger partial charge in [-0.3, -0.25) is 14.9 Å². The van der Waals surface area contributed by atoms with E-state index in [1.807, 2.05) is 32.0 Å². The number of anilines is 1. The van der Waals surface area contributed by atoms with E-state index in [4.69, 9.17) is 9.47 Å². The fourth-order valence-electron chi connectivity index (χ4n) is 2.86. The number of ether oxygens (including phenoxy) is 2. The van der Waals surface area contributed by atoms with Crippen LogP contribution in [0.15, 0.2) is 36.4 Å². The summed E-state index contributed by atoms with van der Waals surface area (Å²) in [5.41, 5.74) is 3.76. The molecule has 0 aromatic heterocycles. The molecule has 0 atom stereocenters. The Morgan fingerprint density at radius 2 is 1.92 bits per heavy atom. The van der Waals surface area contributed by atoms with E-state index in [0.29, 0.717) is 22.6 Å². The molecule has 0 radical (unpaired) electrons. The van der Waals surface area contributed by atoms with Crippen molar-refractivity contribution in [1.29, 1.82) is 0 Å². The van der Waals surface area contributed by atoms with E-state index in [1.165, 1.54) is 24.3 Å². The molecule has 26 heavy (non-hydrogen) atoms. The molecule has 1 amide bonds. The van der Waals surface area contributed by atoms with Crippen molar-refractivity contribution in [1.82, 2.24) is 0 Å². The Labute approximate surface area is 150 Å². The zero-order chi connectivity index (χ0) is 18.7. The zero-order valence-electron chi connectivity index (χ0n) is 14.4. The van der Waals surface area contributed by atoms with Gasteiger partial charge in [-0.15, -0.1) is 0 Å². The first-order chi connectivity index (χ1) is 12.4. The van der Waals surface area contributed by atoms with Crippen molar-refractivity contribution in [2.45, 2.75) is 20.5 Å². The maximum atomic E-state index is 12.2. The summed E-state index contributed by atoms with van der Waals surface area (Å²) in [7, 11) is 0. The topological polar surface area (TPSA) is 90.7 Å². The number of benzene rings is 2. The third-order valence-corrected chi connectivity index (χ3v) is 3.84. The minimum absolute atomic E-state index is 0.0699. The highest BCUT2D eigenvalue weighted by atomic mass is 16.7. The van der Waals surface area contributed by atoms with Gasteiger partial charge in [-0.05, 0) is 43.2 Å². The molecule has 0 spiro atoms. The van der Waals surface area contributed by atoms with Crippen LogP contribution in [0.1, 0.15) is 22.3 Å². The van der Waals surface area contributed by atoms with Crippen molar-refractivity contribution < 1.29 is 19.2 Å². The average Bonchev–Trinajstić information content (AvgIpc) is 2.58. The van der Waals surface area contributed by atoms with Crippen LogP contribution in [0.2, 0.25) is 0 Å². The highest BCUT2D eigenvalue weighted by Gasteiger charge is 2.19. The molecule has 0 unspecified atom stereocenters. The molecule has 2 aromatic rings. The largest absolute Gasteiger partial charge is 0.467 e. The molecule has 3 rings (SSSR count). The third kappa shape index (κ3) is 4.07. The van der Waals surface area contributed by atoms with Gasteiger partial charge in [0.2, 0.25) is 5.91 Å². The fourth-order valence-corrected chi connectivity index (χ4v) is 2.86. The summed E-state index contributed by atoms with van der Waals surface area (Å²) < 4.78 is 10.6. The molecule has 0 fully saturated rings. The number of nitro benzene ring substituents is 1. The molecular formula is C19H18N2O5. The highest BCUT2D eigenvalue weighted by molar-refractivity contribution is 6.02. The summed E-state index contributed by atoms with van der Waals surface area (Å²) in [6, 6.07) is 8.55. The maximum absolute atomic E-state index is 12.2. The number of carbonyl (C=O) groups excluding carboxylic acids is 1. The molecule has 1 heterocycles. The van der Waals surface area contributed by atoms with E-state index >= 15 is 0 Å². The van der Waals surface area contributed by atoms with Crippen molar-refractivity contribution in [2.24, 2.45) is 0 Å². The molecule has 7 heteroatoms. The van der Waals surface area contributed by atoms with Crippen LogP contribution in [0.25, 0.3) is 6.08 Å². The molecule has 1 aliphatic heterocycles. The summed E-state index contributed by atoms with van der Waals surface area (Å²) >= 11 is 0. The molecule has 0 saturated heterocycles. The van der Waals surface area contributed by atoms with Crippen LogP contribution in [0.3, 0.4) is 0 Å². The van der Waals surface area contributed by atoms with Crippen LogP contribution in [-0.2, 0) is 16.1 Å².